The summed E-state index contributed by atoms with van der Waals surface area (Å²) in [6.07, 6.45) is -2.03. The van der Waals surface area contributed by atoms with Crippen molar-refractivity contribution in [1.82, 2.24) is 14.9 Å². The number of aromatic nitrogens is 2. The standard InChI is InChI=1S/C26H30FN3O5.Na/c1-17-24(26(35)28-13-11-18-5-3-2-4-6-18)29-25(19-7-9-20(27)10-8-19)30(17)14-12-21(31)15-22(32)16-23(33)34;/h2-10,21-22,31-32H,11-16H2,1H3,(H,28,35)(H,33,34);/q;+1/p-1/t21-,22-;/m1./s1. The molecule has 0 aliphatic rings. The van der Waals surface area contributed by atoms with Gasteiger partial charge >= 0.3 is 29.6 Å². The Balaban J connectivity index is 0.00000456. The van der Waals surface area contributed by atoms with Gasteiger partial charge in [0.25, 0.3) is 5.91 Å². The number of nitrogens with zero attached hydrogens (tertiary/aromatic N) is 2. The van der Waals surface area contributed by atoms with Gasteiger partial charge < -0.3 is 30.0 Å². The first-order valence-corrected chi connectivity index (χ1v) is 11.5. The molecule has 0 spiro atoms. The van der Waals surface area contributed by atoms with Gasteiger partial charge in [0.2, 0.25) is 0 Å². The summed E-state index contributed by atoms with van der Waals surface area (Å²) in [5, 5.41) is 33.6. The van der Waals surface area contributed by atoms with E-state index in [1.165, 1.54) is 12.1 Å². The van der Waals surface area contributed by atoms with Crippen LogP contribution in [0, 0.1) is 12.7 Å². The number of carbonyl (C=O) groups is 2. The number of aliphatic hydroxyl groups excluding tert-OH is 2. The summed E-state index contributed by atoms with van der Waals surface area (Å²) in [5.74, 6) is -1.69. The average Bonchev–Trinajstić information content (AvgIpc) is 3.14. The Hall–Kier alpha value is -2.56. The molecule has 0 saturated heterocycles. The van der Waals surface area contributed by atoms with Gasteiger partial charge in [0, 0.05) is 36.7 Å². The maximum Gasteiger partial charge on any atom is 1.00 e. The Morgan fingerprint density at radius 2 is 1.75 bits per heavy atom. The normalized spacial score (nSPS) is 12.4. The van der Waals surface area contributed by atoms with E-state index in [2.05, 4.69) is 10.3 Å². The molecule has 0 saturated carbocycles. The molecule has 0 aliphatic carbocycles. The van der Waals surface area contributed by atoms with Crippen LogP contribution >= 0.6 is 0 Å². The first-order valence-electron chi connectivity index (χ1n) is 11.5. The minimum absolute atomic E-state index is 0. The summed E-state index contributed by atoms with van der Waals surface area (Å²) in [7, 11) is 0. The van der Waals surface area contributed by atoms with E-state index in [4.69, 9.17) is 0 Å². The van der Waals surface area contributed by atoms with Gasteiger partial charge in [-0.2, -0.15) is 0 Å². The third kappa shape index (κ3) is 8.53. The summed E-state index contributed by atoms with van der Waals surface area (Å²) < 4.78 is 15.2. The number of carboxylic acids is 1. The number of nitrogens with one attached hydrogen (secondary N) is 1. The van der Waals surface area contributed by atoms with Gasteiger partial charge in [-0.15, -0.1) is 0 Å². The Morgan fingerprint density at radius 1 is 1.08 bits per heavy atom. The maximum atomic E-state index is 13.5. The molecule has 2 atom stereocenters. The fraction of sp³-hybridized carbons (Fsp3) is 0.346. The molecule has 0 bridgehead atoms. The molecule has 36 heavy (non-hydrogen) atoms. The zero-order valence-electron chi connectivity index (χ0n) is 20.5. The number of imidazole rings is 1. The van der Waals surface area contributed by atoms with Crippen molar-refractivity contribution in [3.8, 4) is 11.4 Å². The molecule has 1 aromatic heterocycles. The van der Waals surface area contributed by atoms with Crippen LogP contribution in [0.4, 0.5) is 4.39 Å². The summed E-state index contributed by atoms with van der Waals surface area (Å²) in [6, 6.07) is 15.5. The molecule has 3 N–H and O–H groups in total. The summed E-state index contributed by atoms with van der Waals surface area (Å²) >= 11 is 0. The molecule has 0 radical (unpaired) electrons. The van der Waals surface area contributed by atoms with Gasteiger partial charge in [-0.1, -0.05) is 30.3 Å². The van der Waals surface area contributed by atoms with Crippen LogP contribution in [-0.4, -0.2) is 50.4 Å². The number of hydrogen-bond acceptors (Lipinski definition) is 6. The number of aliphatic hydroxyl groups is 2. The van der Waals surface area contributed by atoms with Crippen LogP contribution < -0.4 is 40.0 Å². The number of amides is 1. The molecule has 0 aliphatic heterocycles. The third-order valence-corrected chi connectivity index (χ3v) is 5.71. The van der Waals surface area contributed by atoms with Crippen LogP contribution in [-0.2, 0) is 17.8 Å². The number of halogens is 1. The molecule has 186 valence electrons. The monoisotopic (exact) mass is 505 g/mol. The Bertz CT molecular complexity index is 1140. The van der Waals surface area contributed by atoms with Crippen LogP contribution in [0.2, 0.25) is 0 Å². The van der Waals surface area contributed by atoms with Crippen molar-refractivity contribution in [2.24, 2.45) is 0 Å². The molecule has 2 aromatic carbocycles. The molecule has 1 heterocycles. The molecular weight excluding hydrogens is 476 g/mol. The van der Waals surface area contributed by atoms with Crippen LogP contribution in [0.3, 0.4) is 0 Å². The Kier molecular flexibility index (Phi) is 11.7. The number of aliphatic carboxylic acids is 1. The van der Waals surface area contributed by atoms with Crippen molar-refractivity contribution in [1.29, 1.82) is 0 Å². The van der Waals surface area contributed by atoms with Crippen LogP contribution in [0.5, 0.6) is 0 Å². The first kappa shape index (κ1) is 29.7. The third-order valence-electron chi connectivity index (χ3n) is 5.71. The van der Waals surface area contributed by atoms with Crippen molar-refractivity contribution in [2.45, 2.75) is 51.4 Å². The second-order valence-electron chi connectivity index (χ2n) is 8.43. The molecule has 1 amide bonds. The average molecular weight is 506 g/mol. The molecular formula is C26H29FN3NaO5. The van der Waals surface area contributed by atoms with Gasteiger partial charge in [0.05, 0.1) is 12.2 Å². The number of rotatable bonds is 12. The molecule has 3 rings (SSSR count). The molecule has 8 nitrogen and oxygen atoms in total. The van der Waals surface area contributed by atoms with Gasteiger partial charge in [0.15, 0.2) is 0 Å². The second-order valence-corrected chi connectivity index (χ2v) is 8.43. The quantitative estimate of drug-likeness (QED) is 0.260. The van der Waals surface area contributed by atoms with Gasteiger partial charge in [-0.25, -0.2) is 9.37 Å². The SMILES string of the molecule is Cc1c(C(=O)NCCc2ccccc2)nc(-c2ccc(F)cc2)n1CC[C@@H](O)C[C@@H](O)CC(=O)[O-].[Na+]. The second kappa shape index (κ2) is 14.2. The van der Waals surface area contributed by atoms with Crippen molar-refractivity contribution in [3.05, 3.63) is 77.4 Å². The van der Waals surface area contributed by atoms with E-state index < -0.39 is 30.4 Å². The van der Waals surface area contributed by atoms with E-state index in [0.717, 1.165) is 5.56 Å². The van der Waals surface area contributed by atoms with E-state index in [1.807, 2.05) is 30.3 Å². The predicted octanol–water partition coefficient (Wildman–Crippen LogP) is -1.38. The fourth-order valence-electron chi connectivity index (χ4n) is 3.88. The van der Waals surface area contributed by atoms with Crippen LogP contribution in [0.1, 0.15) is 41.0 Å². The molecule has 0 unspecified atom stereocenters. The Labute approximate surface area is 231 Å². The smallest absolute Gasteiger partial charge is 0.550 e. The van der Waals surface area contributed by atoms with Gasteiger partial charge in [-0.3, -0.25) is 4.79 Å². The van der Waals surface area contributed by atoms with Gasteiger partial charge in [0.1, 0.15) is 17.3 Å². The predicted molar refractivity (Wildman–Crippen MR) is 126 cm³/mol. The summed E-state index contributed by atoms with van der Waals surface area (Å²) in [5.41, 5.74) is 2.49. The fourth-order valence-corrected chi connectivity index (χ4v) is 3.88. The van der Waals surface area contributed by atoms with Crippen molar-refractivity contribution in [3.63, 3.8) is 0 Å². The van der Waals surface area contributed by atoms with E-state index in [1.54, 1.807) is 23.6 Å². The summed E-state index contributed by atoms with van der Waals surface area (Å²) in [4.78, 5) is 28.1. The summed E-state index contributed by atoms with van der Waals surface area (Å²) in [6.45, 7) is 2.42. The van der Waals surface area contributed by atoms with Gasteiger partial charge in [-0.05, 0) is 56.0 Å². The minimum Gasteiger partial charge on any atom is -0.550 e. The zero-order chi connectivity index (χ0) is 25.4. The number of hydrogen-bond donors (Lipinski definition) is 3. The minimum atomic E-state index is -1.39. The number of carbonyl (C=O) groups excluding carboxylic acids is 2. The number of benzene rings is 2. The van der Waals surface area contributed by atoms with Crippen molar-refractivity contribution < 1.29 is 58.9 Å². The van der Waals surface area contributed by atoms with Crippen LogP contribution in [0.25, 0.3) is 11.4 Å². The van der Waals surface area contributed by atoms with Crippen molar-refractivity contribution in [2.75, 3.05) is 6.54 Å². The maximum absolute atomic E-state index is 13.5. The molecule has 0 fully saturated rings. The largest absolute Gasteiger partial charge is 1.00 e. The van der Waals surface area contributed by atoms with E-state index in [9.17, 15) is 29.3 Å². The molecule has 3 aromatic rings. The van der Waals surface area contributed by atoms with Crippen LogP contribution in [0.15, 0.2) is 54.6 Å². The van der Waals surface area contributed by atoms with E-state index in [0.29, 0.717) is 30.0 Å². The Morgan fingerprint density at radius 3 is 2.39 bits per heavy atom. The van der Waals surface area contributed by atoms with E-state index >= 15 is 0 Å². The zero-order valence-corrected chi connectivity index (χ0v) is 22.5. The van der Waals surface area contributed by atoms with E-state index in [-0.39, 0.29) is 60.5 Å². The topological polar surface area (TPSA) is 128 Å². The van der Waals surface area contributed by atoms with Crippen molar-refractivity contribution >= 4 is 11.9 Å². The number of carboxylic acid groups (broad SMARTS) is 1. The molecule has 10 heteroatoms. The first-order chi connectivity index (χ1) is 16.7.